The van der Waals surface area contributed by atoms with Gasteiger partial charge in [-0.1, -0.05) is 6.07 Å². The molecule has 0 atom stereocenters. The van der Waals surface area contributed by atoms with Gasteiger partial charge in [-0.3, -0.25) is 4.98 Å². The molecule has 5 heteroatoms. The number of nitrogens with zero attached hydrogens (tertiary/aromatic N) is 1. The first-order valence-corrected chi connectivity index (χ1v) is 8.04. The topological polar surface area (TPSA) is 68.7 Å². The Morgan fingerprint density at radius 1 is 1.39 bits per heavy atom. The lowest BCUT2D eigenvalue weighted by molar-refractivity contribution is 0.0523. The Hall–Kier alpha value is -2.14. The van der Waals surface area contributed by atoms with Crippen LogP contribution in [0.5, 0.6) is 5.75 Å². The van der Waals surface area contributed by atoms with Gasteiger partial charge in [-0.05, 0) is 49.8 Å². The summed E-state index contributed by atoms with van der Waals surface area (Å²) in [5.74, 6) is 0.000973. The molecule has 2 aromatic rings. The summed E-state index contributed by atoms with van der Waals surface area (Å²) in [4.78, 5) is 16.1. The summed E-state index contributed by atoms with van der Waals surface area (Å²) < 4.78 is 10.3. The number of hydrogen-bond donors (Lipinski definition) is 1. The van der Waals surface area contributed by atoms with Crippen molar-refractivity contribution in [2.24, 2.45) is 5.92 Å². The van der Waals surface area contributed by atoms with Crippen LogP contribution in [0.2, 0.25) is 0 Å². The van der Waals surface area contributed by atoms with Crippen LogP contribution in [0.25, 0.3) is 10.9 Å². The Bertz CT molecular complexity index is 707. The van der Waals surface area contributed by atoms with Crippen LogP contribution in [-0.4, -0.2) is 35.9 Å². The Morgan fingerprint density at radius 2 is 2.17 bits per heavy atom. The smallest absolute Gasteiger partial charge is 0.343 e. The zero-order valence-corrected chi connectivity index (χ0v) is 13.2. The van der Waals surface area contributed by atoms with Crippen LogP contribution in [0.15, 0.2) is 24.4 Å². The van der Waals surface area contributed by atoms with Gasteiger partial charge in [0.1, 0.15) is 11.3 Å². The van der Waals surface area contributed by atoms with Crippen molar-refractivity contribution in [2.75, 3.05) is 19.8 Å². The standard InChI is InChI=1S/C18H21NO4/c1-2-23-18(21)15-11-19-16-4-3-13(10-14(16)17(15)20)9-12-5-7-22-8-6-12/h3-4,10-12H,2,5-9H2,1H3,(H,19,20). The van der Waals surface area contributed by atoms with Gasteiger partial charge in [0.2, 0.25) is 0 Å². The maximum absolute atomic E-state index is 11.9. The summed E-state index contributed by atoms with van der Waals surface area (Å²) in [5, 5.41) is 11.0. The highest BCUT2D eigenvalue weighted by molar-refractivity contribution is 5.99. The Balaban J connectivity index is 1.90. The first-order valence-electron chi connectivity index (χ1n) is 8.04. The molecule has 2 heterocycles. The van der Waals surface area contributed by atoms with Crippen LogP contribution >= 0.6 is 0 Å². The zero-order chi connectivity index (χ0) is 16.2. The molecule has 1 fully saturated rings. The molecule has 0 spiro atoms. The number of rotatable bonds is 4. The number of fused-ring (bicyclic) bond motifs is 1. The highest BCUT2D eigenvalue weighted by atomic mass is 16.5. The van der Waals surface area contributed by atoms with E-state index in [1.165, 1.54) is 6.20 Å². The molecule has 1 aromatic carbocycles. The van der Waals surface area contributed by atoms with E-state index in [9.17, 15) is 9.90 Å². The monoisotopic (exact) mass is 315 g/mol. The second-order valence-corrected chi connectivity index (χ2v) is 5.85. The minimum Gasteiger partial charge on any atom is -0.506 e. The van der Waals surface area contributed by atoms with Gasteiger partial charge in [0.15, 0.2) is 0 Å². The van der Waals surface area contributed by atoms with E-state index in [4.69, 9.17) is 9.47 Å². The largest absolute Gasteiger partial charge is 0.506 e. The van der Waals surface area contributed by atoms with E-state index in [0.29, 0.717) is 16.8 Å². The molecule has 23 heavy (non-hydrogen) atoms. The van der Waals surface area contributed by atoms with Crippen molar-refractivity contribution >= 4 is 16.9 Å². The maximum atomic E-state index is 11.9. The van der Waals surface area contributed by atoms with Crippen molar-refractivity contribution in [1.82, 2.24) is 4.98 Å². The lowest BCUT2D eigenvalue weighted by Gasteiger charge is -2.22. The molecule has 1 aromatic heterocycles. The van der Waals surface area contributed by atoms with Crippen molar-refractivity contribution in [3.63, 3.8) is 0 Å². The number of carbonyl (C=O) groups is 1. The second-order valence-electron chi connectivity index (χ2n) is 5.85. The van der Waals surface area contributed by atoms with Gasteiger partial charge in [-0.15, -0.1) is 0 Å². The van der Waals surface area contributed by atoms with E-state index in [1.54, 1.807) is 6.92 Å². The molecule has 1 aliphatic heterocycles. The molecule has 3 rings (SSSR count). The summed E-state index contributed by atoms with van der Waals surface area (Å²) in [5.41, 5.74) is 1.93. The van der Waals surface area contributed by atoms with E-state index in [0.717, 1.165) is 38.0 Å². The fraction of sp³-hybridized carbons (Fsp3) is 0.444. The molecule has 0 bridgehead atoms. The molecule has 1 aliphatic rings. The second kappa shape index (κ2) is 6.96. The van der Waals surface area contributed by atoms with Crippen LogP contribution in [0.3, 0.4) is 0 Å². The van der Waals surface area contributed by atoms with Crippen LogP contribution in [0.1, 0.15) is 35.7 Å². The normalized spacial score (nSPS) is 15.7. The van der Waals surface area contributed by atoms with Gasteiger partial charge in [0, 0.05) is 24.8 Å². The van der Waals surface area contributed by atoms with E-state index < -0.39 is 5.97 Å². The van der Waals surface area contributed by atoms with Crippen LogP contribution in [0.4, 0.5) is 0 Å². The Labute approximate surface area is 135 Å². The number of carbonyl (C=O) groups excluding carboxylic acids is 1. The lowest BCUT2D eigenvalue weighted by Crippen LogP contribution is -2.17. The fourth-order valence-corrected chi connectivity index (χ4v) is 2.99. The van der Waals surface area contributed by atoms with Gasteiger partial charge in [-0.25, -0.2) is 4.79 Å². The van der Waals surface area contributed by atoms with Crippen molar-refractivity contribution < 1.29 is 19.4 Å². The Morgan fingerprint density at radius 3 is 2.91 bits per heavy atom. The van der Waals surface area contributed by atoms with E-state index in [-0.39, 0.29) is 17.9 Å². The predicted molar refractivity (Wildman–Crippen MR) is 86.6 cm³/mol. The number of pyridine rings is 1. The van der Waals surface area contributed by atoms with E-state index in [2.05, 4.69) is 4.98 Å². The van der Waals surface area contributed by atoms with Gasteiger partial charge >= 0.3 is 5.97 Å². The van der Waals surface area contributed by atoms with Gasteiger partial charge in [-0.2, -0.15) is 0 Å². The van der Waals surface area contributed by atoms with Crippen molar-refractivity contribution in [1.29, 1.82) is 0 Å². The molecule has 122 valence electrons. The maximum Gasteiger partial charge on any atom is 0.343 e. The Kier molecular flexibility index (Phi) is 4.76. The molecule has 0 unspecified atom stereocenters. The average molecular weight is 315 g/mol. The summed E-state index contributed by atoms with van der Waals surface area (Å²) in [6.07, 6.45) is 4.44. The van der Waals surface area contributed by atoms with Gasteiger partial charge in [0.25, 0.3) is 0 Å². The zero-order valence-electron chi connectivity index (χ0n) is 13.2. The summed E-state index contributed by atoms with van der Waals surface area (Å²) >= 11 is 0. The molecule has 1 saturated heterocycles. The van der Waals surface area contributed by atoms with Crippen LogP contribution in [0, 0.1) is 5.92 Å². The molecule has 0 aliphatic carbocycles. The lowest BCUT2D eigenvalue weighted by atomic mass is 9.92. The average Bonchev–Trinajstić information content (AvgIpc) is 2.57. The molecule has 1 N–H and O–H groups in total. The van der Waals surface area contributed by atoms with Crippen LogP contribution in [-0.2, 0) is 15.9 Å². The number of benzene rings is 1. The molecular weight excluding hydrogens is 294 g/mol. The summed E-state index contributed by atoms with van der Waals surface area (Å²) in [7, 11) is 0. The van der Waals surface area contributed by atoms with Gasteiger partial charge < -0.3 is 14.6 Å². The predicted octanol–water partition coefficient (Wildman–Crippen LogP) is 3.09. The minimum atomic E-state index is -0.547. The molecule has 5 nitrogen and oxygen atoms in total. The highest BCUT2D eigenvalue weighted by Crippen LogP contribution is 2.30. The third-order valence-electron chi connectivity index (χ3n) is 4.26. The van der Waals surface area contributed by atoms with Crippen molar-refractivity contribution in [2.45, 2.75) is 26.2 Å². The van der Waals surface area contributed by atoms with Crippen LogP contribution < -0.4 is 0 Å². The number of aromatic hydroxyl groups is 1. The molecule has 0 radical (unpaired) electrons. The molecule has 0 saturated carbocycles. The third-order valence-corrected chi connectivity index (χ3v) is 4.26. The molecule has 0 amide bonds. The summed E-state index contributed by atoms with van der Waals surface area (Å²) in [6, 6.07) is 5.85. The minimum absolute atomic E-state index is 0.0534. The fourth-order valence-electron chi connectivity index (χ4n) is 2.99. The van der Waals surface area contributed by atoms with Crippen molar-refractivity contribution in [3.05, 3.63) is 35.5 Å². The third kappa shape index (κ3) is 3.45. The first kappa shape index (κ1) is 15.7. The number of esters is 1. The number of hydrogen-bond acceptors (Lipinski definition) is 5. The highest BCUT2D eigenvalue weighted by Gasteiger charge is 2.18. The summed E-state index contributed by atoms with van der Waals surface area (Å²) in [6.45, 7) is 3.63. The van der Waals surface area contributed by atoms with E-state index >= 15 is 0 Å². The van der Waals surface area contributed by atoms with Gasteiger partial charge in [0.05, 0.1) is 12.1 Å². The SMILES string of the molecule is CCOC(=O)c1cnc2ccc(CC3CCOCC3)cc2c1O. The number of aromatic nitrogens is 1. The number of ether oxygens (including phenoxy) is 2. The van der Waals surface area contributed by atoms with E-state index in [1.807, 2.05) is 18.2 Å². The van der Waals surface area contributed by atoms with Crippen molar-refractivity contribution in [3.8, 4) is 5.75 Å². The quantitative estimate of drug-likeness (QED) is 0.878. The molecular formula is C18H21NO4. The first-order chi connectivity index (χ1) is 11.2.